The van der Waals surface area contributed by atoms with Crippen LogP contribution in [0.2, 0.25) is 0 Å². The van der Waals surface area contributed by atoms with Crippen LogP contribution in [0.25, 0.3) is 17.2 Å². The average Bonchev–Trinajstić information content (AvgIpc) is 3.47. The number of carbonyl (C=O) groups is 1. The first-order chi connectivity index (χ1) is 15.3. The van der Waals surface area contributed by atoms with Crippen molar-refractivity contribution in [2.24, 2.45) is 0 Å². The van der Waals surface area contributed by atoms with Crippen molar-refractivity contribution in [1.29, 1.82) is 0 Å². The van der Waals surface area contributed by atoms with E-state index in [0.717, 1.165) is 29.5 Å². The zero-order chi connectivity index (χ0) is 21.0. The zero-order valence-corrected chi connectivity index (χ0v) is 17.1. The van der Waals surface area contributed by atoms with Gasteiger partial charge in [-0.3, -0.25) is 4.79 Å². The number of para-hydroxylation sites is 2. The van der Waals surface area contributed by atoms with Gasteiger partial charge in [-0.25, -0.2) is 9.67 Å². The molecule has 1 atom stereocenters. The third-order valence-corrected chi connectivity index (χ3v) is 5.53. The van der Waals surface area contributed by atoms with Gasteiger partial charge in [0.2, 0.25) is 0 Å². The van der Waals surface area contributed by atoms with Crippen LogP contribution < -0.4 is 0 Å². The summed E-state index contributed by atoms with van der Waals surface area (Å²) in [4.78, 5) is 19.5. The molecule has 0 N–H and O–H groups in total. The number of rotatable bonds is 5. The summed E-state index contributed by atoms with van der Waals surface area (Å²) >= 11 is 0. The van der Waals surface area contributed by atoms with Crippen LogP contribution in [-0.2, 0) is 6.54 Å². The summed E-state index contributed by atoms with van der Waals surface area (Å²) in [6.45, 7) is 1.84. The number of hydrogen-bond donors (Lipinski definition) is 0. The van der Waals surface area contributed by atoms with Gasteiger partial charge in [0, 0.05) is 13.1 Å². The Kier molecular flexibility index (Phi) is 5.31. The van der Waals surface area contributed by atoms with E-state index in [-0.39, 0.29) is 11.8 Å². The molecule has 4 aromatic rings. The summed E-state index contributed by atoms with van der Waals surface area (Å²) in [6.07, 6.45) is 7.60. The summed E-state index contributed by atoms with van der Waals surface area (Å²) in [5, 5.41) is 8.20. The van der Waals surface area contributed by atoms with E-state index in [4.69, 9.17) is 4.42 Å². The first kappa shape index (κ1) is 19.2. The Balaban J connectivity index is 1.24. The summed E-state index contributed by atoms with van der Waals surface area (Å²) < 4.78 is 7.61. The Labute approximate surface area is 180 Å². The molecule has 0 radical (unpaired) electrons. The molecule has 1 fully saturated rings. The van der Waals surface area contributed by atoms with E-state index in [0.29, 0.717) is 31.2 Å². The second-order valence-electron chi connectivity index (χ2n) is 7.75. The lowest BCUT2D eigenvalue weighted by Crippen LogP contribution is -2.39. The van der Waals surface area contributed by atoms with Crippen molar-refractivity contribution in [3.05, 3.63) is 84.0 Å². The molecule has 3 heterocycles. The van der Waals surface area contributed by atoms with E-state index in [2.05, 4.69) is 15.3 Å². The number of carbonyl (C=O) groups excluding carboxylic acids is 1. The Morgan fingerprint density at radius 1 is 1.13 bits per heavy atom. The molecule has 2 aromatic heterocycles. The van der Waals surface area contributed by atoms with Crippen LogP contribution >= 0.6 is 0 Å². The van der Waals surface area contributed by atoms with Crippen molar-refractivity contribution >= 4 is 23.1 Å². The normalized spacial score (nSPS) is 16.9. The fraction of sp³-hybridized carbons (Fsp3) is 0.250. The van der Waals surface area contributed by atoms with E-state index in [9.17, 15) is 4.79 Å². The zero-order valence-electron chi connectivity index (χ0n) is 17.1. The molecule has 7 nitrogen and oxygen atoms in total. The van der Waals surface area contributed by atoms with Gasteiger partial charge in [0.1, 0.15) is 5.52 Å². The minimum atomic E-state index is -0.0981. The van der Waals surface area contributed by atoms with E-state index in [1.807, 2.05) is 71.6 Å². The molecule has 2 aromatic carbocycles. The molecule has 0 aliphatic carbocycles. The number of allylic oxidation sites excluding steroid dienone is 1. The molecule has 0 spiro atoms. The van der Waals surface area contributed by atoms with Crippen molar-refractivity contribution < 1.29 is 9.21 Å². The standard InChI is InChI=1S/C24H23N5O2/c30-24(21-17-29(27-26-21)15-6-10-18-8-2-1-3-9-18)28-14-7-11-19(16-28)23-25-20-12-4-5-13-22(20)31-23/h1-6,8-10,12-13,17,19H,7,11,14-16H2/b10-6+/t19-/m1/s1. The number of nitrogens with zero attached hydrogens (tertiary/aromatic N) is 5. The second kappa shape index (κ2) is 8.55. The Hall–Kier alpha value is -3.74. The maximum absolute atomic E-state index is 13.0. The number of benzene rings is 2. The molecule has 1 amide bonds. The van der Waals surface area contributed by atoms with Crippen LogP contribution in [-0.4, -0.2) is 43.9 Å². The van der Waals surface area contributed by atoms with Crippen LogP contribution in [0.15, 0.2) is 71.3 Å². The molecule has 1 aliphatic heterocycles. The smallest absolute Gasteiger partial charge is 0.276 e. The highest BCUT2D eigenvalue weighted by Crippen LogP contribution is 2.29. The summed E-state index contributed by atoms with van der Waals surface area (Å²) in [6, 6.07) is 17.8. The third-order valence-electron chi connectivity index (χ3n) is 5.53. The first-order valence-electron chi connectivity index (χ1n) is 10.5. The maximum atomic E-state index is 13.0. The van der Waals surface area contributed by atoms with Crippen molar-refractivity contribution in [2.45, 2.75) is 25.3 Å². The predicted molar refractivity (Wildman–Crippen MR) is 117 cm³/mol. The fourth-order valence-corrected chi connectivity index (χ4v) is 3.94. The topological polar surface area (TPSA) is 77.1 Å². The lowest BCUT2D eigenvalue weighted by Gasteiger charge is -2.30. The Bertz CT molecular complexity index is 1180. The predicted octanol–water partition coefficient (Wildman–Crippen LogP) is 4.15. The number of likely N-dealkylation sites (tertiary alicyclic amines) is 1. The average molecular weight is 413 g/mol. The van der Waals surface area contributed by atoms with Crippen LogP contribution in [0.5, 0.6) is 0 Å². The summed E-state index contributed by atoms with van der Waals surface area (Å²) in [5.41, 5.74) is 3.13. The fourth-order valence-electron chi connectivity index (χ4n) is 3.94. The van der Waals surface area contributed by atoms with Crippen LogP contribution in [0.3, 0.4) is 0 Å². The van der Waals surface area contributed by atoms with Gasteiger partial charge in [-0.15, -0.1) is 5.10 Å². The highest BCUT2D eigenvalue weighted by atomic mass is 16.3. The Morgan fingerprint density at radius 3 is 2.84 bits per heavy atom. The maximum Gasteiger partial charge on any atom is 0.276 e. The van der Waals surface area contributed by atoms with Crippen molar-refractivity contribution in [3.63, 3.8) is 0 Å². The lowest BCUT2D eigenvalue weighted by molar-refractivity contribution is 0.0693. The molecule has 0 bridgehead atoms. The van der Waals surface area contributed by atoms with Crippen LogP contribution in [0.1, 0.15) is 40.7 Å². The van der Waals surface area contributed by atoms with Crippen LogP contribution in [0.4, 0.5) is 0 Å². The number of amides is 1. The third kappa shape index (κ3) is 4.26. The van der Waals surface area contributed by atoms with Crippen molar-refractivity contribution in [1.82, 2.24) is 24.9 Å². The van der Waals surface area contributed by atoms with Gasteiger partial charge < -0.3 is 9.32 Å². The van der Waals surface area contributed by atoms with E-state index < -0.39 is 0 Å². The molecule has 7 heteroatoms. The molecule has 156 valence electrons. The minimum absolute atomic E-state index is 0.0916. The molecule has 31 heavy (non-hydrogen) atoms. The molecule has 5 rings (SSSR count). The molecule has 0 unspecified atom stereocenters. The summed E-state index contributed by atoms with van der Waals surface area (Å²) in [7, 11) is 0. The van der Waals surface area contributed by atoms with Gasteiger partial charge in [-0.05, 0) is 30.5 Å². The molecular formula is C24H23N5O2. The Morgan fingerprint density at radius 2 is 1.97 bits per heavy atom. The molecule has 1 aliphatic rings. The van der Waals surface area contributed by atoms with Gasteiger partial charge in [-0.2, -0.15) is 0 Å². The number of fused-ring (bicyclic) bond motifs is 1. The SMILES string of the molecule is O=C(c1cn(C/C=C/c2ccccc2)nn1)N1CCC[C@@H](c2nc3ccccc3o2)C1. The number of piperidine rings is 1. The van der Waals surface area contributed by atoms with E-state index in [1.54, 1.807) is 10.9 Å². The van der Waals surface area contributed by atoms with E-state index in [1.165, 1.54) is 0 Å². The quantitative estimate of drug-likeness (QED) is 0.491. The molecule has 1 saturated heterocycles. The van der Waals surface area contributed by atoms with Gasteiger partial charge >= 0.3 is 0 Å². The largest absolute Gasteiger partial charge is 0.440 e. The molecule has 0 saturated carbocycles. The minimum Gasteiger partial charge on any atom is -0.440 e. The summed E-state index contributed by atoms with van der Waals surface area (Å²) in [5.74, 6) is 0.696. The second-order valence-corrected chi connectivity index (χ2v) is 7.75. The highest BCUT2D eigenvalue weighted by molar-refractivity contribution is 5.92. The van der Waals surface area contributed by atoms with Crippen LogP contribution in [0, 0.1) is 0 Å². The number of hydrogen-bond acceptors (Lipinski definition) is 5. The first-order valence-corrected chi connectivity index (χ1v) is 10.5. The van der Waals surface area contributed by atoms with Gasteiger partial charge in [0.15, 0.2) is 17.2 Å². The van der Waals surface area contributed by atoms with E-state index >= 15 is 0 Å². The molecular weight excluding hydrogens is 390 g/mol. The lowest BCUT2D eigenvalue weighted by atomic mass is 9.98. The number of oxazole rings is 1. The van der Waals surface area contributed by atoms with Crippen molar-refractivity contribution in [2.75, 3.05) is 13.1 Å². The monoisotopic (exact) mass is 413 g/mol. The van der Waals surface area contributed by atoms with Crippen molar-refractivity contribution in [3.8, 4) is 0 Å². The van der Waals surface area contributed by atoms with Gasteiger partial charge in [0.05, 0.1) is 18.7 Å². The number of aromatic nitrogens is 4. The van der Waals surface area contributed by atoms with Gasteiger partial charge in [0.25, 0.3) is 5.91 Å². The van der Waals surface area contributed by atoms with Gasteiger partial charge in [-0.1, -0.05) is 59.8 Å². The highest BCUT2D eigenvalue weighted by Gasteiger charge is 2.29.